The first-order chi connectivity index (χ1) is 5.27. The van der Waals surface area contributed by atoms with Crippen LogP contribution in [0.2, 0.25) is 0 Å². The van der Waals surface area contributed by atoms with Crippen molar-refractivity contribution in [2.75, 3.05) is 13.6 Å². The Morgan fingerprint density at radius 3 is 3.27 bits per heavy atom. The van der Waals surface area contributed by atoms with Gasteiger partial charge in [-0.15, -0.1) is 0 Å². The highest BCUT2D eigenvalue weighted by atomic mass is 15.4. The Bertz CT molecular complexity index is 255. The van der Waals surface area contributed by atoms with E-state index in [0.717, 1.165) is 18.9 Å². The Hall–Kier alpha value is -0.900. The third kappa shape index (κ3) is 1.03. The van der Waals surface area contributed by atoms with Gasteiger partial charge in [0, 0.05) is 6.54 Å². The lowest BCUT2D eigenvalue weighted by atomic mass is 10.2. The minimum atomic E-state index is 0.464. The maximum atomic E-state index is 4.17. The molecule has 4 heteroatoms. The molecule has 0 saturated heterocycles. The number of hydrogen-bond acceptors (Lipinski definition) is 3. The molecule has 2 rings (SSSR count). The van der Waals surface area contributed by atoms with E-state index in [9.17, 15) is 0 Å². The molecule has 1 aromatic heterocycles. The molecule has 0 aromatic carbocycles. The number of likely N-dealkylation sites (N-methyl/N-ethyl adjacent to an activating group) is 1. The molecule has 0 unspecified atom stereocenters. The van der Waals surface area contributed by atoms with Crippen molar-refractivity contribution in [2.45, 2.75) is 19.5 Å². The molecule has 0 saturated carbocycles. The molecule has 0 fully saturated rings. The lowest BCUT2D eigenvalue weighted by Crippen LogP contribution is -2.33. The third-order valence-corrected chi connectivity index (χ3v) is 2.05. The second-order valence-electron chi connectivity index (χ2n) is 3.17. The van der Waals surface area contributed by atoms with Gasteiger partial charge in [0.2, 0.25) is 0 Å². The van der Waals surface area contributed by atoms with Crippen molar-refractivity contribution in [3.63, 3.8) is 0 Å². The predicted octanol–water partition coefficient (Wildman–Crippen LogP) is 0.284. The molecule has 0 N–H and O–H groups in total. The van der Waals surface area contributed by atoms with Gasteiger partial charge in [-0.3, -0.25) is 4.90 Å². The van der Waals surface area contributed by atoms with E-state index in [1.807, 2.05) is 4.68 Å². The van der Waals surface area contributed by atoms with E-state index < -0.39 is 0 Å². The van der Waals surface area contributed by atoms with E-state index in [-0.39, 0.29) is 0 Å². The lowest BCUT2D eigenvalue weighted by molar-refractivity contribution is 0.216. The zero-order chi connectivity index (χ0) is 7.84. The van der Waals surface area contributed by atoms with Gasteiger partial charge < -0.3 is 0 Å². The van der Waals surface area contributed by atoms with Crippen molar-refractivity contribution in [1.82, 2.24) is 19.7 Å². The smallest absolute Gasteiger partial charge is 0.141 e. The summed E-state index contributed by atoms with van der Waals surface area (Å²) in [6.07, 6.45) is 1.63. The fourth-order valence-electron chi connectivity index (χ4n) is 1.59. The lowest BCUT2D eigenvalue weighted by Gasteiger charge is -2.27. The summed E-state index contributed by atoms with van der Waals surface area (Å²) >= 11 is 0. The molecule has 0 aliphatic carbocycles. The molecule has 0 bridgehead atoms. The average molecular weight is 152 g/mol. The third-order valence-electron chi connectivity index (χ3n) is 2.05. The Morgan fingerprint density at radius 2 is 2.45 bits per heavy atom. The van der Waals surface area contributed by atoms with Crippen LogP contribution in [0.1, 0.15) is 18.8 Å². The largest absolute Gasteiger partial charge is 0.297 e. The highest BCUT2D eigenvalue weighted by molar-refractivity contribution is 4.91. The Labute approximate surface area is 65.8 Å². The van der Waals surface area contributed by atoms with E-state index in [0.29, 0.717) is 6.04 Å². The molecule has 0 spiro atoms. The highest BCUT2D eigenvalue weighted by Gasteiger charge is 2.19. The van der Waals surface area contributed by atoms with Crippen molar-refractivity contribution in [3.8, 4) is 0 Å². The van der Waals surface area contributed by atoms with Crippen molar-refractivity contribution in [2.24, 2.45) is 0 Å². The van der Waals surface area contributed by atoms with Crippen molar-refractivity contribution >= 4 is 0 Å². The van der Waals surface area contributed by atoms with E-state index in [2.05, 4.69) is 29.0 Å². The maximum Gasteiger partial charge on any atom is 0.141 e. The van der Waals surface area contributed by atoms with Gasteiger partial charge in [-0.05, 0) is 14.0 Å². The quantitative estimate of drug-likeness (QED) is 0.535. The summed E-state index contributed by atoms with van der Waals surface area (Å²) in [5.74, 6) is 1.08. The number of aromatic nitrogens is 3. The summed E-state index contributed by atoms with van der Waals surface area (Å²) in [6.45, 7) is 4.15. The standard InChI is InChI=1S/C7H12N4/c1-6-3-10(2)4-7-8-5-9-11(6)7/h5-6H,3-4H2,1-2H3/t6-/m1/s1. The molecule has 60 valence electrons. The topological polar surface area (TPSA) is 34.0 Å². The average Bonchev–Trinajstić information content (AvgIpc) is 2.34. The molecule has 1 aromatic rings. The fourth-order valence-corrected chi connectivity index (χ4v) is 1.59. The normalized spacial score (nSPS) is 25.1. The van der Waals surface area contributed by atoms with E-state index >= 15 is 0 Å². The van der Waals surface area contributed by atoms with Crippen LogP contribution in [0, 0.1) is 0 Å². The van der Waals surface area contributed by atoms with Crippen LogP contribution in [0.5, 0.6) is 0 Å². The summed E-state index contributed by atoms with van der Waals surface area (Å²) in [5, 5.41) is 4.15. The van der Waals surface area contributed by atoms with Crippen LogP contribution in [0.25, 0.3) is 0 Å². The summed E-state index contributed by atoms with van der Waals surface area (Å²) in [4.78, 5) is 6.43. The summed E-state index contributed by atoms with van der Waals surface area (Å²) < 4.78 is 2.00. The molecule has 1 aliphatic heterocycles. The molecule has 2 heterocycles. The van der Waals surface area contributed by atoms with E-state index in [1.54, 1.807) is 6.33 Å². The van der Waals surface area contributed by atoms with Crippen molar-refractivity contribution in [3.05, 3.63) is 12.2 Å². The zero-order valence-electron chi connectivity index (χ0n) is 6.86. The zero-order valence-corrected chi connectivity index (χ0v) is 6.86. The summed E-state index contributed by atoms with van der Waals surface area (Å²) in [7, 11) is 2.11. The van der Waals surface area contributed by atoms with Gasteiger partial charge in [0.1, 0.15) is 12.2 Å². The Balaban J connectivity index is 2.36. The van der Waals surface area contributed by atoms with Gasteiger partial charge in [0.25, 0.3) is 0 Å². The van der Waals surface area contributed by atoms with Crippen LogP contribution < -0.4 is 0 Å². The van der Waals surface area contributed by atoms with Crippen molar-refractivity contribution in [1.29, 1.82) is 0 Å². The second kappa shape index (κ2) is 2.30. The molecule has 11 heavy (non-hydrogen) atoms. The fraction of sp³-hybridized carbons (Fsp3) is 0.714. The maximum absolute atomic E-state index is 4.17. The first-order valence-corrected chi connectivity index (χ1v) is 3.84. The minimum Gasteiger partial charge on any atom is -0.297 e. The van der Waals surface area contributed by atoms with Crippen LogP contribution in [-0.4, -0.2) is 33.3 Å². The molecular weight excluding hydrogens is 140 g/mol. The Morgan fingerprint density at radius 1 is 1.64 bits per heavy atom. The Kier molecular flexibility index (Phi) is 1.42. The molecular formula is C7H12N4. The number of rotatable bonds is 0. The SMILES string of the molecule is C[C@@H]1CN(C)Cc2ncnn21. The van der Waals surface area contributed by atoms with Crippen LogP contribution in [0.3, 0.4) is 0 Å². The monoisotopic (exact) mass is 152 g/mol. The minimum absolute atomic E-state index is 0.464. The number of hydrogen-bond donors (Lipinski definition) is 0. The summed E-state index contributed by atoms with van der Waals surface area (Å²) in [6, 6.07) is 0.464. The molecule has 4 nitrogen and oxygen atoms in total. The van der Waals surface area contributed by atoms with Crippen LogP contribution >= 0.6 is 0 Å². The van der Waals surface area contributed by atoms with Gasteiger partial charge in [0.05, 0.1) is 12.6 Å². The van der Waals surface area contributed by atoms with E-state index in [4.69, 9.17) is 0 Å². The van der Waals surface area contributed by atoms with Gasteiger partial charge in [-0.25, -0.2) is 9.67 Å². The van der Waals surface area contributed by atoms with Crippen LogP contribution in [0.15, 0.2) is 6.33 Å². The predicted molar refractivity (Wildman–Crippen MR) is 41.1 cm³/mol. The first-order valence-electron chi connectivity index (χ1n) is 3.84. The van der Waals surface area contributed by atoms with Gasteiger partial charge in [-0.2, -0.15) is 5.10 Å². The van der Waals surface area contributed by atoms with Crippen molar-refractivity contribution < 1.29 is 0 Å². The number of fused-ring (bicyclic) bond motifs is 1. The molecule has 1 aliphatic rings. The first kappa shape index (κ1) is 6.79. The molecule has 0 radical (unpaired) electrons. The number of nitrogens with zero attached hydrogens (tertiary/aromatic N) is 4. The van der Waals surface area contributed by atoms with E-state index in [1.165, 1.54) is 0 Å². The highest BCUT2D eigenvalue weighted by Crippen LogP contribution is 2.15. The molecule has 1 atom stereocenters. The van der Waals surface area contributed by atoms with Gasteiger partial charge >= 0.3 is 0 Å². The van der Waals surface area contributed by atoms with Crippen LogP contribution in [0.4, 0.5) is 0 Å². The molecule has 0 amide bonds. The van der Waals surface area contributed by atoms with Gasteiger partial charge in [0.15, 0.2) is 0 Å². The summed E-state index contributed by atoms with van der Waals surface area (Å²) in [5.41, 5.74) is 0. The van der Waals surface area contributed by atoms with Gasteiger partial charge in [-0.1, -0.05) is 0 Å². The van der Waals surface area contributed by atoms with Crippen LogP contribution in [-0.2, 0) is 6.54 Å². The second-order valence-corrected chi connectivity index (χ2v) is 3.17.